The van der Waals surface area contributed by atoms with E-state index in [9.17, 15) is 18.0 Å². The molecule has 0 spiro atoms. The number of ether oxygens (including phenoxy) is 2. The Labute approximate surface area is 153 Å². The van der Waals surface area contributed by atoms with Crippen LogP contribution in [0.2, 0.25) is 0 Å². The van der Waals surface area contributed by atoms with Crippen molar-refractivity contribution in [3.63, 3.8) is 0 Å². The van der Waals surface area contributed by atoms with Crippen molar-refractivity contribution in [1.29, 1.82) is 0 Å². The van der Waals surface area contributed by atoms with Gasteiger partial charge in [-0.1, -0.05) is 0 Å². The average Bonchev–Trinajstić information content (AvgIpc) is 2.66. The smallest absolute Gasteiger partial charge is 0.406 e. The van der Waals surface area contributed by atoms with Gasteiger partial charge in [-0.3, -0.25) is 4.79 Å². The van der Waals surface area contributed by atoms with Crippen molar-refractivity contribution in [2.24, 2.45) is 0 Å². The minimum atomic E-state index is -4.77. The van der Waals surface area contributed by atoms with E-state index in [0.717, 1.165) is 12.1 Å². The Morgan fingerprint density at radius 1 is 1.19 bits per heavy atom. The molecular weight excluding hydrogens is 365 g/mol. The summed E-state index contributed by atoms with van der Waals surface area (Å²) in [5, 5.41) is 2.68. The molecule has 27 heavy (non-hydrogen) atoms. The van der Waals surface area contributed by atoms with E-state index in [0.29, 0.717) is 37.9 Å². The zero-order chi connectivity index (χ0) is 19.3. The highest BCUT2D eigenvalue weighted by atomic mass is 19.4. The lowest BCUT2D eigenvalue weighted by Gasteiger charge is -2.26. The number of carbonyl (C=O) groups is 1. The van der Waals surface area contributed by atoms with E-state index in [2.05, 4.69) is 20.0 Å². The van der Waals surface area contributed by atoms with Crippen LogP contribution < -0.4 is 15.0 Å². The molecule has 1 aliphatic heterocycles. The first-order valence-corrected chi connectivity index (χ1v) is 8.19. The van der Waals surface area contributed by atoms with Crippen LogP contribution in [0.3, 0.4) is 0 Å². The van der Waals surface area contributed by atoms with Crippen LogP contribution in [0.15, 0.2) is 36.5 Å². The monoisotopic (exact) mass is 382 g/mol. The van der Waals surface area contributed by atoms with Crippen molar-refractivity contribution in [3.05, 3.63) is 47.8 Å². The average molecular weight is 382 g/mol. The molecule has 1 amide bonds. The van der Waals surface area contributed by atoms with Gasteiger partial charge in [0.25, 0.3) is 5.91 Å². The molecule has 1 aromatic heterocycles. The van der Waals surface area contributed by atoms with E-state index in [1.165, 1.54) is 12.1 Å². The van der Waals surface area contributed by atoms with Crippen molar-refractivity contribution >= 4 is 11.9 Å². The number of amides is 1. The Balaban J connectivity index is 1.57. The van der Waals surface area contributed by atoms with Gasteiger partial charge in [0, 0.05) is 24.8 Å². The second-order valence-corrected chi connectivity index (χ2v) is 5.70. The van der Waals surface area contributed by atoms with Gasteiger partial charge in [-0.15, -0.1) is 13.2 Å². The number of anilines is 1. The molecule has 0 bridgehead atoms. The summed E-state index contributed by atoms with van der Waals surface area (Å²) in [6.45, 7) is 2.78. The van der Waals surface area contributed by atoms with E-state index in [4.69, 9.17) is 4.74 Å². The van der Waals surface area contributed by atoms with Crippen molar-refractivity contribution < 1.29 is 27.4 Å². The molecule has 0 atom stereocenters. The number of morpholine rings is 1. The molecule has 1 saturated heterocycles. The zero-order valence-corrected chi connectivity index (χ0v) is 14.2. The SMILES string of the molecule is O=C(NCc1ccnc(N2CCOCC2)n1)c1ccc(OC(F)(F)F)cc1. The van der Waals surface area contributed by atoms with Crippen molar-refractivity contribution in [3.8, 4) is 5.75 Å². The molecule has 1 fully saturated rings. The van der Waals surface area contributed by atoms with Gasteiger partial charge in [-0.25, -0.2) is 9.97 Å². The number of nitrogens with zero attached hydrogens (tertiary/aromatic N) is 3. The first-order chi connectivity index (χ1) is 12.9. The van der Waals surface area contributed by atoms with E-state index in [1.807, 2.05) is 4.90 Å². The van der Waals surface area contributed by atoms with Gasteiger partial charge >= 0.3 is 6.36 Å². The summed E-state index contributed by atoms with van der Waals surface area (Å²) in [5.41, 5.74) is 0.837. The third kappa shape index (κ3) is 5.55. The first kappa shape index (κ1) is 18.9. The number of alkyl halides is 3. The van der Waals surface area contributed by atoms with Crippen LogP contribution in [0.25, 0.3) is 0 Å². The zero-order valence-electron chi connectivity index (χ0n) is 14.2. The largest absolute Gasteiger partial charge is 0.573 e. The van der Waals surface area contributed by atoms with Gasteiger partial charge in [-0.05, 0) is 30.3 Å². The number of carbonyl (C=O) groups excluding carboxylic acids is 1. The molecule has 1 N–H and O–H groups in total. The van der Waals surface area contributed by atoms with E-state index < -0.39 is 12.3 Å². The molecule has 2 aromatic rings. The van der Waals surface area contributed by atoms with Crippen molar-refractivity contribution in [2.45, 2.75) is 12.9 Å². The molecule has 2 heterocycles. The predicted octanol–water partition coefficient (Wildman–Crippen LogP) is 2.14. The van der Waals surface area contributed by atoms with Gasteiger partial charge in [0.15, 0.2) is 0 Å². The van der Waals surface area contributed by atoms with E-state index >= 15 is 0 Å². The second-order valence-electron chi connectivity index (χ2n) is 5.70. The van der Waals surface area contributed by atoms with Crippen molar-refractivity contribution in [2.75, 3.05) is 31.2 Å². The van der Waals surface area contributed by atoms with Crippen molar-refractivity contribution in [1.82, 2.24) is 15.3 Å². The molecule has 0 saturated carbocycles. The molecule has 0 radical (unpaired) electrons. The number of aromatic nitrogens is 2. The fraction of sp³-hybridized carbons (Fsp3) is 0.353. The number of benzene rings is 1. The number of nitrogens with one attached hydrogen (secondary N) is 1. The maximum absolute atomic E-state index is 12.2. The topological polar surface area (TPSA) is 76.6 Å². The number of hydrogen-bond donors (Lipinski definition) is 1. The van der Waals surface area contributed by atoms with Gasteiger partial charge in [0.2, 0.25) is 5.95 Å². The summed E-state index contributed by atoms with van der Waals surface area (Å²) in [6.07, 6.45) is -3.16. The highest BCUT2D eigenvalue weighted by Gasteiger charge is 2.31. The Kier molecular flexibility index (Phi) is 5.75. The standard InChI is InChI=1S/C17H17F3N4O3/c18-17(19,20)27-14-3-1-12(2-4-14)15(25)22-11-13-5-6-21-16(23-13)24-7-9-26-10-8-24/h1-6H,7-11H2,(H,22,25). The summed E-state index contributed by atoms with van der Waals surface area (Å²) in [4.78, 5) is 22.8. The lowest BCUT2D eigenvalue weighted by Crippen LogP contribution is -2.37. The third-order valence-electron chi connectivity index (χ3n) is 3.77. The fourth-order valence-electron chi connectivity index (χ4n) is 2.48. The lowest BCUT2D eigenvalue weighted by molar-refractivity contribution is -0.274. The van der Waals surface area contributed by atoms with Crippen LogP contribution in [0, 0.1) is 0 Å². The molecule has 0 aliphatic carbocycles. The molecule has 1 aliphatic rings. The maximum Gasteiger partial charge on any atom is 0.573 e. The van der Waals surface area contributed by atoms with Gasteiger partial charge < -0.3 is 19.7 Å². The quantitative estimate of drug-likeness (QED) is 0.854. The summed E-state index contributed by atoms with van der Waals surface area (Å²) in [7, 11) is 0. The molecule has 1 aromatic carbocycles. The van der Waals surface area contributed by atoms with E-state index in [1.54, 1.807) is 12.3 Å². The van der Waals surface area contributed by atoms with E-state index in [-0.39, 0.29) is 17.9 Å². The first-order valence-electron chi connectivity index (χ1n) is 8.19. The van der Waals surface area contributed by atoms with Crippen LogP contribution in [-0.2, 0) is 11.3 Å². The van der Waals surface area contributed by atoms with Crippen LogP contribution in [-0.4, -0.2) is 48.5 Å². The molecule has 0 unspecified atom stereocenters. The van der Waals surface area contributed by atoms with Crippen LogP contribution in [0.5, 0.6) is 5.75 Å². The Morgan fingerprint density at radius 2 is 1.89 bits per heavy atom. The highest BCUT2D eigenvalue weighted by Crippen LogP contribution is 2.22. The predicted molar refractivity (Wildman–Crippen MR) is 89.4 cm³/mol. The third-order valence-corrected chi connectivity index (χ3v) is 3.77. The van der Waals surface area contributed by atoms with Crippen LogP contribution in [0.4, 0.5) is 19.1 Å². The van der Waals surface area contributed by atoms with Crippen LogP contribution >= 0.6 is 0 Å². The molecule has 7 nitrogen and oxygen atoms in total. The fourth-order valence-corrected chi connectivity index (χ4v) is 2.48. The van der Waals surface area contributed by atoms with Gasteiger partial charge in [-0.2, -0.15) is 0 Å². The van der Waals surface area contributed by atoms with Crippen LogP contribution in [0.1, 0.15) is 16.1 Å². The normalized spacial score (nSPS) is 14.7. The number of halogens is 3. The maximum atomic E-state index is 12.2. The summed E-state index contributed by atoms with van der Waals surface area (Å²) in [6, 6.07) is 6.38. The Bertz CT molecular complexity index is 778. The number of hydrogen-bond acceptors (Lipinski definition) is 6. The van der Waals surface area contributed by atoms with Gasteiger partial charge in [0.05, 0.1) is 25.5 Å². The molecule has 10 heteroatoms. The Morgan fingerprint density at radius 3 is 2.56 bits per heavy atom. The molecular formula is C17H17F3N4O3. The molecule has 3 rings (SSSR count). The Hall–Kier alpha value is -2.88. The summed E-state index contributed by atoms with van der Waals surface area (Å²) in [5.74, 6) is -0.246. The number of rotatable bonds is 5. The minimum absolute atomic E-state index is 0.166. The lowest BCUT2D eigenvalue weighted by atomic mass is 10.2. The second kappa shape index (κ2) is 8.21. The van der Waals surface area contributed by atoms with Gasteiger partial charge in [0.1, 0.15) is 5.75 Å². The summed E-state index contributed by atoms with van der Waals surface area (Å²) < 4.78 is 45.5. The minimum Gasteiger partial charge on any atom is -0.406 e. The summed E-state index contributed by atoms with van der Waals surface area (Å²) >= 11 is 0. The highest BCUT2D eigenvalue weighted by molar-refractivity contribution is 5.94. The molecule has 144 valence electrons.